The fraction of sp³-hybridized carbons (Fsp3) is 0.350. The molecule has 0 bridgehead atoms. The average Bonchev–Trinajstić information content (AvgIpc) is 3.28. The summed E-state index contributed by atoms with van der Waals surface area (Å²) in [7, 11) is 0. The molecule has 1 heterocycles. The molecule has 1 aliphatic carbocycles. The third-order valence-electron chi connectivity index (χ3n) is 5.29. The third kappa shape index (κ3) is 2.98. The van der Waals surface area contributed by atoms with Gasteiger partial charge in [0.25, 0.3) is 0 Å². The number of hydrogen-bond donors (Lipinski definition) is 1. The summed E-state index contributed by atoms with van der Waals surface area (Å²) < 4.78 is 42.3. The lowest BCUT2D eigenvalue weighted by Gasteiger charge is -2.16. The molecule has 1 aliphatic heterocycles. The third-order valence-corrected chi connectivity index (χ3v) is 5.29. The molecule has 0 radical (unpaired) electrons. The summed E-state index contributed by atoms with van der Waals surface area (Å²) in [4.78, 5) is 14.4. The number of amides is 1. The van der Waals surface area contributed by atoms with Crippen LogP contribution >= 0.6 is 0 Å². The van der Waals surface area contributed by atoms with Crippen LogP contribution in [0.4, 0.5) is 13.2 Å². The van der Waals surface area contributed by atoms with Crippen molar-refractivity contribution in [2.45, 2.75) is 24.8 Å². The van der Waals surface area contributed by atoms with Crippen LogP contribution in [0.5, 0.6) is 0 Å². The topological polar surface area (TPSA) is 46.3 Å². The van der Waals surface area contributed by atoms with Crippen molar-refractivity contribution in [2.24, 2.45) is 11.7 Å². The Morgan fingerprint density at radius 1 is 1.12 bits per heavy atom. The summed E-state index contributed by atoms with van der Waals surface area (Å²) in [5, 5.41) is 0. The molecule has 1 saturated carbocycles. The second-order valence-corrected chi connectivity index (χ2v) is 7.11. The zero-order valence-corrected chi connectivity index (χ0v) is 14.1. The SMILES string of the molecule is NC1CCN(C(=O)C2CC2c2cc(F)ccc2-c2c(F)cccc2F)C1. The monoisotopic (exact) mass is 360 g/mol. The van der Waals surface area contributed by atoms with E-state index in [2.05, 4.69) is 0 Å². The smallest absolute Gasteiger partial charge is 0.226 e. The lowest BCUT2D eigenvalue weighted by Crippen LogP contribution is -2.33. The Kier molecular flexibility index (Phi) is 4.23. The van der Waals surface area contributed by atoms with Crippen LogP contribution in [0.2, 0.25) is 0 Å². The molecule has 2 aromatic carbocycles. The number of carbonyl (C=O) groups is 1. The quantitative estimate of drug-likeness (QED) is 0.912. The van der Waals surface area contributed by atoms with Gasteiger partial charge in [-0.05, 0) is 54.2 Å². The molecule has 2 aliphatic rings. The molecule has 0 spiro atoms. The summed E-state index contributed by atoms with van der Waals surface area (Å²) in [6.07, 6.45) is 1.33. The molecule has 4 rings (SSSR count). The highest BCUT2D eigenvalue weighted by Crippen LogP contribution is 2.52. The van der Waals surface area contributed by atoms with Crippen LogP contribution < -0.4 is 5.73 Å². The van der Waals surface area contributed by atoms with Crippen LogP contribution in [0.25, 0.3) is 11.1 Å². The van der Waals surface area contributed by atoms with Crippen molar-refractivity contribution in [3.8, 4) is 11.1 Å². The summed E-state index contributed by atoms with van der Waals surface area (Å²) in [6.45, 7) is 1.15. The van der Waals surface area contributed by atoms with Gasteiger partial charge in [0.15, 0.2) is 0 Å². The lowest BCUT2D eigenvalue weighted by molar-refractivity contribution is -0.131. The zero-order chi connectivity index (χ0) is 18.4. The van der Waals surface area contributed by atoms with Crippen molar-refractivity contribution in [3.63, 3.8) is 0 Å². The molecule has 3 nitrogen and oxygen atoms in total. The van der Waals surface area contributed by atoms with Crippen molar-refractivity contribution in [1.82, 2.24) is 4.90 Å². The van der Waals surface area contributed by atoms with Gasteiger partial charge < -0.3 is 10.6 Å². The van der Waals surface area contributed by atoms with Gasteiger partial charge in [-0.1, -0.05) is 12.1 Å². The van der Waals surface area contributed by atoms with E-state index in [1.807, 2.05) is 0 Å². The van der Waals surface area contributed by atoms with Gasteiger partial charge in [-0.25, -0.2) is 13.2 Å². The number of carbonyl (C=O) groups excluding carboxylic acids is 1. The largest absolute Gasteiger partial charge is 0.341 e. The second-order valence-electron chi connectivity index (χ2n) is 7.11. The highest BCUT2D eigenvalue weighted by molar-refractivity contribution is 5.84. The molecule has 2 N–H and O–H groups in total. The Morgan fingerprint density at radius 3 is 2.50 bits per heavy atom. The summed E-state index contributed by atoms with van der Waals surface area (Å²) in [5.41, 5.74) is 6.47. The van der Waals surface area contributed by atoms with E-state index in [9.17, 15) is 18.0 Å². The van der Waals surface area contributed by atoms with Crippen molar-refractivity contribution < 1.29 is 18.0 Å². The Balaban J connectivity index is 1.66. The van der Waals surface area contributed by atoms with Gasteiger partial charge in [-0.2, -0.15) is 0 Å². The molecule has 2 fully saturated rings. The van der Waals surface area contributed by atoms with Gasteiger partial charge in [0.1, 0.15) is 17.5 Å². The van der Waals surface area contributed by atoms with Crippen LogP contribution in [0.1, 0.15) is 24.3 Å². The minimum atomic E-state index is -0.702. The molecule has 26 heavy (non-hydrogen) atoms. The van der Waals surface area contributed by atoms with Crippen LogP contribution in [0, 0.1) is 23.4 Å². The number of benzene rings is 2. The van der Waals surface area contributed by atoms with E-state index in [0.29, 0.717) is 30.6 Å². The molecule has 1 amide bonds. The van der Waals surface area contributed by atoms with Crippen molar-refractivity contribution >= 4 is 5.91 Å². The Labute approximate surface area is 149 Å². The van der Waals surface area contributed by atoms with E-state index in [-0.39, 0.29) is 29.3 Å². The Bertz CT molecular complexity index is 850. The molecule has 1 saturated heterocycles. The number of hydrogen-bond acceptors (Lipinski definition) is 2. The van der Waals surface area contributed by atoms with Gasteiger partial charge in [0.05, 0.1) is 5.56 Å². The maximum Gasteiger partial charge on any atom is 0.226 e. The van der Waals surface area contributed by atoms with Crippen molar-refractivity contribution in [2.75, 3.05) is 13.1 Å². The van der Waals surface area contributed by atoms with Gasteiger partial charge in [0.2, 0.25) is 5.91 Å². The van der Waals surface area contributed by atoms with Crippen LogP contribution in [-0.2, 0) is 4.79 Å². The number of rotatable bonds is 3. The molecular formula is C20H19F3N2O. The average molecular weight is 360 g/mol. The molecule has 3 unspecified atom stereocenters. The summed E-state index contributed by atoms with van der Waals surface area (Å²) in [5.74, 6) is -2.41. The lowest BCUT2D eigenvalue weighted by atomic mass is 9.94. The van der Waals surface area contributed by atoms with Crippen LogP contribution in [0.3, 0.4) is 0 Å². The molecule has 6 heteroatoms. The summed E-state index contributed by atoms with van der Waals surface area (Å²) >= 11 is 0. The minimum absolute atomic E-state index is 0.00612. The first-order valence-corrected chi connectivity index (χ1v) is 8.74. The van der Waals surface area contributed by atoms with E-state index in [1.165, 1.54) is 36.4 Å². The standard InChI is InChI=1S/C20H19F3N2O/c21-11-4-5-13(19-17(22)2-1-3-18(19)23)14(8-11)15-9-16(15)20(26)25-7-6-12(24)10-25/h1-5,8,12,15-16H,6-7,9-10,24H2. The maximum absolute atomic E-state index is 14.2. The van der Waals surface area contributed by atoms with Crippen LogP contribution in [0.15, 0.2) is 36.4 Å². The fourth-order valence-corrected chi connectivity index (χ4v) is 3.86. The number of halogens is 3. The molecule has 3 atom stereocenters. The van der Waals surface area contributed by atoms with Crippen LogP contribution in [-0.4, -0.2) is 29.9 Å². The van der Waals surface area contributed by atoms with Gasteiger partial charge in [0, 0.05) is 25.0 Å². The zero-order valence-electron chi connectivity index (χ0n) is 14.1. The van der Waals surface area contributed by atoms with E-state index in [0.717, 1.165) is 6.42 Å². The number of likely N-dealkylation sites (tertiary alicyclic amines) is 1. The summed E-state index contributed by atoms with van der Waals surface area (Å²) in [6, 6.07) is 7.49. The molecule has 2 aromatic rings. The van der Waals surface area contributed by atoms with E-state index < -0.39 is 17.5 Å². The van der Waals surface area contributed by atoms with Crippen molar-refractivity contribution in [3.05, 3.63) is 59.4 Å². The first-order chi connectivity index (χ1) is 12.5. The number of nitrogens with two attached hydrogens (primary N) is 1. The second kappa shape index (κ2) is 6.43. The highest BCUT2D eigenvalue weighted by atomic mass is 19.1. The highest BCUT2D eigenvalue weighted by Gasteiger charge is 2.47. The van der Waals surface area contributed by atoms with E-state index >= 15 is 0 Å². The molecule has 0 aromatic heterocycles. The fourth-order valence-electron chi connectivity index (χ4n) is 3.86. The normalized spacial score (nSPS) is 24.8. The predicted molar refractivity (Wildman–Crippen MR) is 91.8 cm³/mol. The predicted octanol–water partition coefficient (Wildman–Crippen LogP) is 3.43. The minimum Gasteiger partial charge on any atom is -0.341 e. The van der Waals surface area contributed by atoms with E-state index in [1.54, 1.807) is 4.90 Å². The van der Waals surface area contributed by atoms with E-state index in [4.69, 9.17) is 5.73 Å². The number of nitrogens with zero attached hydrogens (tertiary/aromatic N) is 1. The molecular weight excluding hydrogens is 341 g/mol. The first-order valence-electron chi connectivity index (χ1n) is 8.74. The molecule has 136 valence electrons. The maximum atomic E-state index is 14.2. The first kappa shape index (κ1) is 17.1. The van der Waals surface area contributed by atoms with Gasteiger partial charge in [-0.3, -0.25) is 4.79 Å². The van der Waals surface area contributed by atoms with Crippen molar-refractivity contribution in [1.29, 1.82) is 0 Å². The Hall–Kier alpha value is -2.34. The van der Waals surface area contributed by atoms with Gasteiger partial charge >= 0.3 is 0 Å². The van der Waals surface area contributed by atoms with Gasteiger partial charge in [-0.15, -0.1) is 0 Å². The Morgan fingerprint density at radius 2 is 1.85 bits per heavy atom.